The molecule has 25 heavy (non-hydrogen) atoms. The van der Waals surface area contributed by atoms with E-state index < -0.39 is 6.61 Å². The van der Waals surface area contributed by atoms with Crippen molar-refractivity contribution < 1.29 is 18.3 Å². The Hall–Kier alpha value is -2.66. The standard InChI is InChI=1S/C19H14ClF2NO2/c1-24-18-11-12(6-9-17(18)25-19(21)22)10-14(20)16-8-7-13-4-2-3-5-15(13)23-16/h2-11,19H,1H3/b14-10-. The van der Waals surface area contributed by atoms with Crippen molar-refractivity contribution in [3.8, 4) is 11.5 Å². The molecule has 3 nitrogen and oxygen atoms in total. The number of para-hydroxylation sites is 1. The van der Waals surface area contributed by atoms with Crippen LogP contribution in [0.3, 0.4) is 0 Å². The highest BCUT2D eigenvalue weighted by Crippen LogP contribution is 2.31. The van der Waals surface area contributed by atoms with Gasteiger partial charge in [0.15, 0.2) is 11.5 Å². The molecule has 0 aliphatic heterocycles. The Bertz CT molecular complexity index is 928. The fraction of sp³-hybridized carbons (Fsp3) is 0.105. The molecule has 0 aliphatic rings. The second-order valence-electron chi connectivity index (χ2n) is 5.17. The highest BCUT2D eigenvalue weighted by molar-refractivity contribution is 6.51. The van der Waals surface area contributed by atoms with Gasteiger partial charge in [-0.1, -0.05) is 41.9 Å². The first-order valence-electron chi connectivity index (χ1n) is 7.43. The molecular formula is C19H14ClF2NO2. The molecule has 2 aromatic carbocycles. The van der Waals surface area contributed by atoms with Crippen molar-refractivity contribution in [3.63, 3.8) is 0 Å². The summed E-state index contributed by atoms with van der Waals surface area (Å²) in [6.45, 7) is -2.92. The van der Waals surface area contributed by atoms with Gasteiger partial charge in [0, 0.05) is 5.39 Å². The zero-order valence-electron chi connectivity index (χ0n) is 13.2. The molecule has 0 saturated heterocycles. The van der Waals surface area contributed by atoms with Crippen LogP contribution in [-0.2, 0) is 0 Å². The number of fused-ring (bicyclic) bond motifs is 1. The van der Waals surface area contributed by atoms with E-state index in [-0.39, 0.29) is 11.5 Å². The summed E-state index contributed by atoms with van der Waals surface area (Å²) in [6.07, 6.45) is 1.69. The molecule has 0 N–H and O–H groups in total. The van der Waals surface area contributed by atoms with Crippen molar-refractivity contribution in [2.75, 3.05) is 7.11 Å². The van der Waals surface area contributed by atoms with Gasteiger partial charge in [0.05, 0.1) is 23.4 Å². The number of aromatic nitrogens is 1. The van der Waals surface area contributed by atoms with Crippen molar-refractivity contribution in [1.29, 1.82) is 0 Å². The minimum atomic E-state index is -2.92. The number of benzene rings is 2. The van der Waals surface area contributed by atoms with Crippen LogP contribution in [0.4, 0.5) is 8.78 Å². The van der Waals surface area contributed by atoms with Gasteiger partial charge in [-0.3, -0.25) is 0 Å². The first-order chi connectivity index (χ1) is 12.1. The van der Waals surface area contributed by atoms with E-state index in [0.717, 1.165) is 10.9 Å². The lowest BCUT2D eigenvalue weighted by Crippen LogP contribution is -2.03. The van der Waals surface area contributed by atoms with E-state index in [4.69, 9.17) is 16.3 Å². The van der Waals surface area contributed by atoms with E-state index >= 15 is 0 Å². The van der Waals surface area contributed by atoms with Gasteiger partial charge in [0.25, 0.3) is 0 Å². The first-order valence-corrected chi connectivity index (χ1v) is 7.81. The lowest BCUT2D eigenvalue weighted by Gasteiger charge is -2.10. The predicted octanol–water partition coefficient (Wildman–Crippen LogP) is 5.58. The SMILES string of the molecule is COc1cc(/C=C(\Cl)c2ccc3ccccc3n2)ccc1OC(F)F. The number of rotatable bonds is 5. The molecule has 128 valence electrons. The molecule has 0 amide bonds. The molecule has 3 aromatic rings. The number of pyridine rings is 1. The molecule has 0 bridgehead atoms. The number of ether oxygens (including phenoxy) is 2. The minimum Gasteiger partial charge on any atom is -0.493 e. The number of hydrogen-bond acceptors (Lipinski definition) is 3. The monoisotopic (exact) mass is 361 g/mol. The molecule has 0 fully saturated rings. The minimum absolute atomic E-state index is 0.0328. The maximum atomic E-state index is 12.4. The lowest BCUT2D eigenvalue weighted by molar-refractivity contribution is -0.0512. The molecule has 3 rings (SSSR count). The third kappa shape index (κ3) is 4.06. The Morgan fingerprint density at radius 1 is 1.08 bits per heavy atom. The van der Waals surface area contributed by atoms with Crippen molar-refractivity contribution >= 4 is 33.6 Å². The maximum absolute atomic E-state index is 12.4. The number of nitrogens with zero attached hydrogens (tertiary/aromatic N) is 1. The first kappa shape index (κ1) is 17.2. The molecule has 0 saturated carbocycles. The van der Waals surface area contributed by atoms with Crippen LogP contribution in [0, 0.1) is 0 Å². The number of halogens is 3. The summed E-state index contributed by atoms with van der Waals surface area (Å²) in [5.41, 5.74) is 2.13. The smallest absolute Gasteiger partial charge is 0.387 e. The van der Waals surface area contributed by atoms with E-state index in [2.05, 4.69) is 9.72 Å². The molecule has 0 spiro atoms. The van der Waals surface area contributed by atoms with Crippen LogP contribution in [0.25, 0.3) is 22.0 Å². The lowest BCUT2D eigenvalue weighted by atomic mass is 10.1. The summed E-state index contributed by atoms with van der Waals surface area (Å²) < 4.78 is 34.2. The van der Waals surface area contributed by atoms with E-state index in [0.29, 0.717) is 16.3 Å². The van der Waals surface area contributed by atoms with Crippen molar-refractivity contribution in [2.24, 2.45) is 0 Å². The summed E-state index contributed by atoms with van der Waals surface area (Å²) in [5, 5.41) is 1.45. The third-order valence-electron chi connectivity index (χ3n) is 3.54. The van der Waals surface area contributed by atoms with E-state index in [1.54, 1.807) is 18.2 Å². The molecule has 6 heteroatoms. The highest BCUT2D eigenvalue weighted by atomic mass is 35.5. The highest BCUT2D eigenvalue weighted by Gasteiger charge is 2.11. The Balaban J connectivity index is 1.92. The number of methoxy groups -OCH3 is 1. The topological polar surface area (TPSA) is 31.4 Å². The Kier molecular flexibility index (Phi) is 5.14. The van der Waals surface area contributed by atoms with Gasteiger partial charge >= 0.3 is 6.61 Å². The summed E-state index contributed by atoms with van der Waals surface area (Å²) >= 11 is 6.37. The molecule has 1 aromatic heterocycles. The van der Waals surface area contributed by atoms with Gasteiger partial charge in [-0.05, 0) is 35.9 Å². The van der Waals surface area contributed by atoms with Gasteiger partial charge in [-0.25, -0.2) is 4.98 Å². The van der Waals surface area contributed by atoms with Crippen LogP contribution in [-0.4, -0.2) is 18.7 Å². The van der Waals surface area contributed by atoms with Crippen LogP contribution in [0.5, 0.6) is 11.5 Å². The molecule has 0 unspecified atom stereocenters. The van der Waals surface area contributed by atoms with Gasteiger partial charge in [-0.2, -0.15) is 8.78 Å². The summed E-state index contributed by atoms with van der Waals surface area (Å²) in [4.78, 5) is 4.52. The molecule has 0 atom stereocenters. The number of alkyl halides is 2. The van der Waals surface area contributed by atoms with Gasteiger partial charge in [0.1, 0.15) is 0 Å². The summed E-state index contributed by atoms with van der Waals surface area (Å²) in [5.74, 6) is 0.166. The van der Waals surface area contributed by atoms with Gasteiger partial charge in [-0.15, -0.1) is 0 Å². The second kappa shape index (κ2) is 7.49. The van der Waals surface area contributed by atoms with Crippen LogP contribution >= 0.6 is 11.6 Å². The van der Waals surface area contributed by atoms with Crippen molar-refractivity contribution in [3.05, 3.63) is 65.9 Å². The Labute approximate surface area is 148 Å². The predicted molar refractivity (Wildman–Crippen MR) is 95.1 cm³/mol. The average molecular weight is 362 g/mol. The normalized spacial score (nSPS) is 11.8. The number of hydrogen-bond donors (Lipinski definition) is 0. The van der Waals surface area contributed by atoms with E-state index in [1.165, 1.54) is 13.2 Å². The van der Waals surface area contributed by atoms with Gasteiger partial charge in [0.2, 0.25) is 0 Å². The Morgan fingerprint density at radius 2 is 1.88 bits per heavy atom. The Morgan fingerprint density at radius 3 is 2.64 bits per heavy atom. The van der Waals surface area contributed by atoms with Crippen LogP contribution in [0.15, 0.2) is 54.6 Å². The zero-order chi connectivity index (χ0) is 17.8. The molecular weight excluding hydrogens is 348 g/mol. The summed E-state index contributed by atoms with van der Waals surface area (Å²) in [7, 11) is 1.38. The van der Waals surface area contributed by atoms with Crippen LogP contribution in [0.1, 0.15) is 11.3 Å². The van der Waals surface area contributed by atoms with Crippen molar-refractivity contribution in [2.45, 2.75) is 6.61 Å². The van der Waals surface area contributed by atoms with E-state index in [9.17, 15) is 8.78 Å². The fourth-order valence-corrected chi connectivity index (χ4v) is 2.62. The van der Waals surface area contributed by atoms with Gasteiger partial charge < -0.3 is 9.47 Å². The summed E-state index contributed by atoms with van der Waals surface area (Å²) in [6, 6.07) is 16.1. The molecule has 0 radical (unpaired) electrons. The van der Waals surface area contributed by atoms with Crippen LogP contribution in [0.2, 0.25) is 0 Å². The maximum Gasteiger partial charge on any atom is 0.387 e. The van der Waals surface area contributed by atoms with Crippen LogP contribution < -0.4 is 9.47 Å². The fourth-order valence-electron chi connectivity index (χ4n) is 2.39. The average Bonchev–Trinajstić information content (AvgIpc) is 2.62. The quantitative estimate of drug-likeness (QED) is 0.594. The largest absolute Gasteiger partial charge is 0.493 e. The van der Waals surface area contributed by atoms with E-state index in [1.807, 2.05) is 36.4 Å². The van der Waals surface area contributed by atoms with Crippen molar-refractivity contribution in [1.82, 2.24) is 4.98 Å². The molecule has 1 heterocycles. The molecule has 0 aliphatic carbocycles. The zero-order valence-corrected chi connectivity index (χ0v) is 14.0. The second-order valence-corrected chi connectivity index (χ2v) is 5.58. The third-order valence-corrected chi connectivity index (χ3v) is 3.84.